The second-order valence-corrected chi connectivity index (χ2v) is 9.05. The van der Waals surface area contributed by atoms with Crippen LogP contribution in [0, 0.1) is 0 Å². The van der Waals surface area contributed by atoms with E-state index in [-0.39, 0.29) is 22.7 Å². The van der Waals surface area contributed by atoms with Crippen LogP contribution in [0.1, 0.15) is 28.4 Å². The standard InChI is InChI=1S/C25H22N2O5S/c1-3-27-21-16-10-8-14-19(21)22(17-11-5-4-6-12-17)23(33(27,30)31)24(28)26-20-15-9-7-13-18(20)25(29)32-2/h4-16H,3H2,1-2H3,(H,26,28). The molecule has 1 N–H and O–H groups in total. The number of rotatable bonds is 5. The van der Waals surface area contributed by atoms with Crippen molar-refractivity contribution in [2.24, 2.45) is 0 Å². The molecule has 1 aliphatic heterocycles. The number of carbonyl (C=O) groups is 2. The molecular weight excluding hydrogens is 440 g/mol. The molecule has 0 aromatic heterocycles. The van der Waals surface area contributed by atoms with Gasteiger partial charge in [-0.2, -0.15) is 0 Å². The first kappa shape index (κ1) is 22.3. The Labute approximate surface area is 192 Å². The van der Waals surface area contributed by atoms with Gasteiger partial charge in [-0.3, -0.25) is 9.10 Å². The lowest BCUT2D eigenvalue weighted by Gasteiger charge is -2.32. The second-order valence-electron chi connectivity index (χ2n) is 7.25. The number of nitrogens with zero attached hydrogens (tertiary/aromatic N) is 1. The average molecular weight is 463 g/mol. The van der Waals surface area contributed by atoms with Gasteiger partial charge in [-0.1, -0.05) is 60.7 Å². The van der Waals surface area contributed by atoms with Crippen LogP contribution in [-0.4, -0.2) is 33.9 Å². The molecule has 1 aliphatic rings. The smallest absolute Gasteiger partial charge is 0.339 e. The van der Waals surface area contributed by atoms with Gasteiger partial charge >= 0.3 is 5.97 Å². The SMILES string of the molecule is CCN1c2ccccc2C(c2ccccc2)=C(C(=O)Nc2ccccc2C(=O)OC)S1(=O)=O. The number of amides is 1. The Morgan fingerprint density at radius 2 is 1.55 bits per heavy atom. The van der Waals surface area contributed by atoms with Gasteiger partial charge in [0.25, 0.3) is 15.9 Å². The molecule has 0 spiro atoms. The van der Waals surface area contributed by atoms with E-state index in [2.05, 4.69) is 5.32 Å². The highest BCUT2D eigenvalue weighted by molar-refractivity contribution is 7.97. The largest absolute Gasteiger partial charge is 0.465 e. The lowest BCUT2D eigenvalue weighted by molar-refractivity contribution is -0.112. The summed E-state index contributed by atoms with van der Waals surface area (Å²) in [4.78, 5) is 25.3. The molecule has 0 aliphatic carbocycles. The summed E-state index contributed by atoms with van der Waals surface area (Å²) in [6.45, 7) is 1.86. The van der Waals surface area contributed by atoms with E-state index in [9.17, 15) is 18.0 Å². The number of para-hydroxylation sites is 2. The van der Waals surface area contributed by atoms with Crippen molar-refractivity contribution in [3.63, 3.8) is 0 Å². The maximum atomic E-state index is 13.7. The number of fused-ring (bicyclic) bond motifs is 1. The van der Waals surface area contributed by atoms with Crippen molar-refractivity contribution in [3.8, 4) is 0 Å². The second kappa shape index (κ2) is 8.91. The van der Waals surface area contributed by atoms with E-state index in [4.69, 9.17) is 4.74 Å². The molecule has 4 rings (SSSR count). The number of ether oxygens (including phenoxy) is 1. The Balaban J connectivity index is 1.96. The summed E-state index contributed by atoms with van der Waals surface area (Å²) >= 11 is 0. The summed E-state index contributed by atoms with van der Waals surface area (Å²) in [5, 5.41) is 2.62. The zero-order chi connectivity index (χ0) is 23.6. The van der Waals surface area contributed by atoms with Crippen molar-refractivity contribution >= 4 is 38.8 Å². The molecule has 7 nitrogen and oxygen atoms in total. The van der Waals surface area contributed by atoms with Crippen molar-refractivity contribution in [3.05, 3.63) is 100 Å². The van der Waals surface area contributed by atoms with Crippen LogP contribution in [0.3, 0.4) is 0 Å². The number of nitrogens with one attached hydrogen (secondary N) is 1. The first-order chi connectivity index (χ1) is 15.9. The van der Waals surface area contributed by atoms with Crippen molar-refractivity contribution < 1.29 is 22.7 Å². The van der Waals surface area contributed by atoms with E-state index >= 15 is 0 Å². The van der Waals surface area contributed by atoms with Crippen molar-refractivity contribution in [2.75, 3.05) is 23.3 Å². The van der Waals surface area contributed by atoms with Crippen LogP contribution in [0.15, 0.2) is 83.8 Å². The van der Waals surface area contributed by atoms with E-state index in [1.165, 1.54) is 23.5 Å². The number of methoxy groups -OCH3 is 1. The Morgan fingerprint density at radius 3 is 2.24 bits per heavy atom. The molecule has 0 saturated carbocycles. The van der Waals surface area contributed by atoms with E-state index in [0.29, 0.717) is 22.4 Å². The van der Waals surface area contributed by atoms with Gasteiger partial charge in [-0.25, -0.2) is 13.2 Å². The summed E-state index contributed by atoms with van der Waals surface area (Å²) < 4.78 is 33.4. The predicted molar refractivity (Wildman–Crippen MR) is 127 cm³/mol. The number of benzene rings is 3. The molecule has 0 unspecified atom stereocenters. The fraction of sp³-hybridized carbons (Fsp3) is 0.120. The molecule has 168 valence electrons. The van der Waals surface area contributed by atoms with Gasteiger partial charge < -0.3 is 10.1 Å². The van der Waals surface area contributed by atoms with Crippen LogP contribution in [0.5, 0.6) is 0 Å². The Kier molecular flexibility index (Phi) is 6.02. The van der Waals surface area contributed by atoms with Gasteiger partial charge in [0.1, 0.15) is 0 Å². The Morgan fingerprint density at radius 1 is 0.909 bits per heavy atom. The third kappa shape index (κ3) is 3.89. The van der Waals surface area contributed by atoms with E-state index in [0.717, 1.165) is 0 Å². The van der Waals surface area contributed by atoms with Crippen molar-refractivity contribution in [1.29, 1.82) is 0 Å². The lowest BCUT2D eigenvalue weighted by atomic mass is 9.95. The third-order valence-electron chi connectivity index (χ3n) is 5.35. The van der Waals surface area contributed by atoms with Crippen LogP contribution < -0.4 is 9.62 Å². The summed E-state index contributed by atoms with van der Waals surface area (Å²) in [5.41, 5.74) is 2.32. The van der Waals surface area contributed by atoms with Crippen LogP contribution >= 0.6 is 0 Å². The number of esters is 1. The Hall–Kier alpha value is -3.91. The third-order valence-corrected chi connectivity index (χ3v) is 7.29. The van der Waals surface area contributed by atoms with E-state index in [1.54, 1.807) is 67.6 Å². The normalized spacial score (nSPS) is 14.4. The summed E-state index contributed by atoms with van der Waals surface area (Å²) in [5.74, 6) is -1.48. The molecule has 33 heavy (non-hydrogen) atoms. The molecule has 1 heterocycles. The topological polar surface area (TPSA) is 92.8 Å². The summed E-state index contributed by atoms with van der Waals surface area (Å²) in [6, 6.07) is 22.3. The highest BCUT2D eigenvalue weighted by Gasteiger charge is 2.40. The molecule has 1 amide bonds. The van der Waals surface area contributed by atoms with Gasteiger partial charge in [-0.05, 0) is 30.7 Å². The quantitative estimate of drug-likeness (QED) is 0.578. The first-order valence-corrected chi connectivity index (χ1v) is 11.7. The maximum absolute atomic E-state index is 13.7. The van der Waals surface area contributed by atoms with Crippen molar-refractivity contribution in [1.82, 2.24) is 0 Å². The zero-order valence-corrected chi connectivity index (χ0v) is 18.9. The van der Waals surface area contributed by atoms with Crippen LogP contribution in [0.2, 0.25) is 0 Å². The molecule has 0 saturated heterocycles. The zero-order valence-electron chi connectivity index (χ0n) is 18.1. The van der Waals surface area contributed by atoms with E-state index in [1.807, 2.05) is 6.07 Å². The monoisotopic (exact) mass is 462 g/mol. The highest BCUT2D eigenvalue weighted by Crippen LogP contribution is 2.42. The Bertz CT molecular complexity index is 1360. The molecule has 0 bridgehead atoms. The molecule has 0 radical (unpaired) electrons. The van der Waals surface area contributed by atoms with Gasteiger partial charge in [0.05, 0.1) is 24.0 Å². The minimum absolute atomic E-state index is 0.121. The van der Waals surface area contributed by atoms with Crippen LogP contribution in [0.25, 0.3) is 5.57 Å². The van der Waals surface area contributed by atoms with Gasteiger partial charge in [0.15, 0.2) is 4.91 Å². The first-order valence-electron chi connectivity index (χ1n) is 10.3. The fourth-order valence-corrected chi connectivity index (χ4v) is 5.66. The number of anilines is 2. The lowest BCUT2D eigenvalue weighted by Crippen LogP contribution is -2.39. The van der Waals surface area contributed by atoms with Crippen LogP contribution in [0.4, 0.5) is 11.4 Å². The molecule has 3 aromatic carbocycles. The molecule has 0 fully saturated rings. The average Bonchev–Trinajstić information content (AvgIpc) is 2.83. The molecule has 8 heteroatoms. The number of hydrogen-bond donors (Lipinski definition) is 1. The fourth-order valence-electron chi connectivity index (χ4n) is 3.92. The highest BCUT2D eigenvalue weighted by atomic mass is 32.2. The predicted octanol–water partition coefficient (Wildman–Crippen LogP) is 4.04. The van der Waals surface area contributed by atoms with E-state index < -0.39 is 21.9 Å². The summed E-state index contributed by atoms with van der Waals surface area (Å²) in [6.07, 6.45) is 0. The molecule has 0 atom stereocenters. The van der Waals surface area contributed by atoms with Gasteiger partial charge in [-0.15, -0.1) is 0 Å². The number of carbonyl (C=O) groups excluding carboxylic acids is 2. The maximum Gasteiger partial charge on any atom is 0.339 e. The minimum Gasteiger partial charge on any atom is -0.465 e. The van der Waals surface area contributed by atoms with Gasteiger partial charge in [0.2, 0.25) is 0 Å². The molecule has 3 aromatic rings. The number of sulfonamides is 1. The molecular formula is C25H22N2O5S. The van der Waals surface area contributed by atoms with Crippen molar-refractivity contribution in [2.45, 2.75) is 6.92 Å². The summed E-state index contributed by atoms with van der Waals surface area (Å²) in [7, 11) is -2.96. The van der Waals surface area contributed by atoms with Crippen LogP contribution in [-0.2, 0) is 19.6 Å². The number of hydrogen-bond acceptors (Lipinski definition) is 5. The minimum atomic E-state index is -4.20. The van der Waals surface area contributed by atoms with Gasteiger partial charge in [0, 0.05) is 17.7 Å².